The molecule has 0 unspecified atom stereocenters. The second-order valence-electron chi connectivity index (χ2n) is 5.68. The number of hydrogen-bond acceptors (Lipinski definition) is 6. The molecule has 0 bridgehead atoms. The number of rotatable bonds is 4. The highest BCUT2D eigenvalue weighted by atomic mass is 19.1. The maximum Gasteiger partial charge on any atom is 0.187 e. The van der Waals surface area contributed by atoms with Crippen LogP contribution in [0.25, 0.3) is 16.9 Å². The average molecular weight is 362 g/mol. The highest BCUT2D eigenvalue weighted by Crippen LogP contribution is 2.34. The topological polar surface area (TPSA) is 96.7 Å². The lowest BCUT2D eigenvalue weighted by Gasteiger charge is -2.09. The summed E-state index contributed by atoms with van der Waals surface area (Å²) in [6.45, 7) is 5.25. The summed E-state index contributed by atoms with van der Waals surface area (Å²) in [6, 6.07) is 1.93. The molecule has 1 aromatic carbocycles. The number of hydrogen-bond donors (Lipinski definition) is 2. The highest BCUT2D eigenvalue weighted by molar-refractivity contribution is 5.91. The number of halogens is 2. The number of benzene rings is 1. The van der Waals surface area contributed by atoms with Crippen LogP contribution >= 0.6 is 0 Å². The van der Waals surface area contributed by atoms with Crippen LogP contribution in [0, 0.1) is 25.5 Å². The van der Waals surface area contributed by atoms with Crippen LogP contribution in [0.4, 0.5) is 8.78 Å². The van der Waals surface area contributed by atoms with Crippen LogP contribution in [0.5, 0.6) is 5.75 Å². The van der Waals surface area contributed by atoms with Gasteiger partial charge in [-0.25, -0.2) is 13.5 Å². The van der Waals surface area contributed by atoms with E-state index in [4.69, 9.17) is 9.73 Å². The minimum Gasteiger partial charge on any atom is -0.503 e. The van der Waals surface area contributed by atoms with Crippen molar-refractivity contribution < 1.29 is 23.6 Å². The third-order valence-electron chi connectivity index (χ3n) is 4.04. The van der Waals surface area contributed by atoms with Crippen LogP contribution in [0.3, 0.4) is 0 Å². The van der Waals surface area contributed by atoms with E-state index in [1.54, 1.807) is 13.8 Å². The van der Waals surface area contributed by atoms with E-state index < -0.39 is 17.4 Å². The quantitative estimate of drug-likeness (QED) is 0.421. The first-order valence-electron chi connectivity index (χ1n) is 7.79. The molecule has 0 aliphatic rings. The second kappa shape index (κ2) is 6.58. The van der Waals surface area contributed by atoms with Gasteiger partial charge >= 0.3 is 0 Å². The van der Waals surface area contributed by atoms with E-state index in [1.165, 1.54) is 10.9 Å². The summed E-state index contributed by atoms with van der Waals surface area (Å²) in [4.78, 5) is 0. The number of phenolic OH excluding ortho intramolecular Hbond substituents is 1. The monoisotopic (exact) mass is 362 g/mol. The summed E-state index contributed by atoms with van der Waals surface area (Å²) in [7, 11) is 0. The molecule has 0 saturated carbocycles. The van der Waals surface area contributed by atoms with Gasteiger partial charge in [-0.2, -0.15) is 5.10 Å². The normalized spacial score (nSPS) is 11.6. The Hall–Kier alpha value is -3.23. The average Bonchev–Trinajstić information content (AvgIpc) is 3.12. The lowest BCUT2D eigenvalue weighted by Crippen LogP contribution is -2.03. The molecule has 0 aliphatic heterocycles. The van der Waals surface area contributed by atoms with Gasteiger partial charge < -0.3 is 14.8 Å². The number of phenols is 1. The van der Waals surface area contributed by atoms with Gasteiger partial charge in [-0.1, -0.05) is 17.2 Å². The van der Waals surface area contributed by atoms with Gasteiger partial charge in [0, 0.05) is 17.7 Å². The van der Waals surface area contributed by atoms with E-state index >= 15 is 0 Å². The molecule has 7 nitrogen and oxygen atoms in total. The van der Waals surface area contributed by atoms with Crippen molar-refractivity contribution in [3.8, 4) is 22.7 Å². The van der Waals surface area contributed by atoms with Crippen LogP contribution in [0.15, 0.2) is 21.8 Å². The van der Waals surface area contributed by atoms with E-state index in [0.29, 0.717) is 40.4 Å². The van der Waals surface area contributed by atoms with Gasteiger partial charge in [0.05, 0.1) is 34.5 Å². The standard InChI is InChI=1S/C17H16F2N4O3/c1-4-14-11(7-20-25)16(15-8(2)22-26-9(15)3)23(21-14)10-5-12(18)17(24)13(19)6-10/h5-7,24-25H,4H2,1-3H3/b20-7-. The fourth-order valence-electron chi connectivity index (χ4n) is 2.85. The van der Waals surface area contributed by atoms with Gasteiger partial charge in [0.15, 0.2) is 17.4 Å². The maximum atomic E-state index is 13.9. The predicted molar refractivity (Wildman–Crippen MR) is 88.9 cm³/mol. The minimum atomic E-state index is -1.12. The molecule has 0 spiro atoms. The Kier molecular flexibility index (Phi) is 4.45. The van der Waals surface area contributed by atoms with Crippen molar-refractivity contribution in [1.82, 2.24) is 14.9 Å². The van der Waals surface area contributed by atoms with Crippen LogP contribution in [-0.2, 0) is 6.42 Å². The number of nitrogens with zero attached hydrogens (tertiary/aromatic N) is 4. The molecular formula is C17H16F2N4O3. The van der Waals surface area contributed by atoms with Crippen molar-refractivity contribution >= 4 is 6.21 Å². The van der Waals surface area contributed by atoms with Gasteiger partial charge in [0.1, 0.15) is 5.76 Å². The molecule has 26 heavy (non-hydrogen) atoms. The smallest absolute Gasteiger partial charge is 0.187 e. The summed E-state index contributed by atoms with van der Waals surface area (Å²) in [5, 5.41) is 29.8. The highest BCUT2D eigenvalue weighted by Gasteiger charge is 2.25. The first kappa shape index (κ1) is 17.6. The zero-order valence-corrected chi connectivity index (χ0v) is 14.3. The number of aromatic hydroxyl groups is 1. The largest absolute Gasteiger partial charge is 0.503 e. The number of oxime groups is 1. The van der Waals surface area contributed by atoms with E-state index in [0.717, 1.165) is 12.1 Å². The first-order chi connectivity index (χ1) is 12.4. The molecule has 2 heterocycles. The maximum absolute atomic E-state index is 13.9. The molecule has 2 N–H and O–H groups in total. The van der Waals surface area contributed by atoms with E-state index in [9.17, 15) is 13.9 Å². The van der Waals surface area contributed by atoms with Crippen molar-refractivity contribution in [2.75, 3.05) is 0 Å². The zero-order chi connectivity index (χ0) is 19.0. The number of aryl methyl sites for hydroxylation is 3. The Balaban J connectivity index is 2.40. The lowest BCUT2D eigenvalue weighted by molar-refractivity contribution is 0.322. The van der Waals surface area contributed by atoms with Crippen molar-refractivity contribution in [3.63, 3.8) is 0 Å². The Labute approximate surface area is 147 Å². The summed E-state index contributed by atoms with van der Waals surface area (Å²) in [5.74, 6) is -2.82. The fourth-order valence-corrected chi connectivity index (χ4v) is 2.85. The van der Waals surface area contributed by atoms with Crippen LogP contribution < -0.4 is 0 Å². The van der Waals surface area contributed by atoms with Gasteiger partial charge in [-0.15, -0.1) is 0 Å². The van der Waals surface area contributed by atoms with Crippen LogP contribution in [0.1, 0.15) is 29.6 Å². The molecule has 0 atom stereocenters. The summed E-state index contributed by atoms with van der Waals surface area (Å²) in [6.07, 6.45) is 1.68. The third-order valence-corrected chi connectivity index (χ3v) is 4.04. The Morgan fingerprint density at radius 1 is 1.27 bits per heavy atom. The van der Waals surface area contributed by atoms with Crippen molar-refractivity contribution in [2.24, 2.45) is 5.16 Å². The van der Waals surface area contributed by atoms with Gasteiger partial charge in [-0.05, 0) is 20.3 Å². The molecule has 136 valence electrons. The summed E-state index contributed by atoms with van der Waals surface area (Å²) < 4.78 is 34.2. The van der Waals surface area contributed by atoms with E-state index in [1.807, 2.05) is 6.92 Å². The van der Waals surface area contributed by atoms with Crippen molar-refractivity contribution in [1.29, 1.82) is 0 Å². The molecular weight excluding hydrogens is 346 g/mol. The Bertz CT molecular complexity index is 965. The van der Waals surface area contributed by atoms with Gasteiger partial charge in [-0.3, -0.25) is 0 Å². The molecule has 0 fully saturated rings. The molecule has 3 rings (SSSR count). The second-order valence-corrected chi connectivity index (χ2v) is 5.68. The third kappa shape index (κ3) is 2.71. The Morgan fingerprint density at radius 2 is 1.92 bits per heavy atom. The van der Waals surface area contributed by atoms with E-state index in [2.05, 4.69) is 15.4 Å². The van der Waals surface area contributed by atoms with E-state index in [-0.39, 0.29) is 5.69 Å². The van der Waals surface area contributed by atoms with Crippen molar-refractivity contribution in [3.05, 3.63) is 46.5 Å². The van der Waals surface area contributed by atoms with Crippen LogP contribution in [-0.4, -0.2) is 31.5 Å². The van der Waals surface area contributed by atoms with Gasteiger partial charge in [0.25, 0.3) is 0 Å². The molecule has 0 radical (unpaired) electrons. The molecule has 0 aliphatic carbocycles. The zero-order valence-electron chi connectivity index (χ0n) is 14.3. The SMILES string of the molecule is CCc1nn(-c2cc(F)c(O)c(F)c2)c(-c2c(C)noc2C)c1/C=N\O. The molecule has 3 aromatic rings. The molecule has 0 amide bonds. The predicted octanol–water partition coefficient (Wildman–Crippen LogP) is 3.50. The fraction of sp³-hybridized carbons (Fsp3) is 0.235. The van der Waals surface area contributed by atoms with Gasteiger partial charge in [0.2, 0.25) is 0 Å². The first-order valence-corrected chi connectivity index (χ1v) is 7.79. The summed E-state index contributed by atoms with van der Waals surface area (Å²) in [5.41, 5.74) is 2.60. The lowest BCUT2D eigenvalue weighted by atomic mass is 10.0. The van der Waals surface area contributed by atoms with Crippen LogP contribution in [0.2, 0.25) is 0 Å². The Morgan fingerprint density at radius 3 is 2.42 bits per heavy atom. The minimum absolute atomic E-state index is 0.0556. The molecule has 9 heteroatoms. The van der Waals surface area contributed by atoms with Crippen molar-refractivity contribution in [2.45, 2.75) is 27.2 Å². The number of aromatic nitrogens is 3. The molecule has 2 aromatic heterocycles. The summed E-state index contributed by atoms with van der Waals surface area (Å²) >= 11 is 0. The molecule has 0 saturated heterocycles.